The fourth-order valence-electron chi connectivity index (χ4n) is 3.26. The predicted octanol–water partition coefficient (Wildman–Crippen LogP) is 4.17. The molecule has 5 heteroatoms. The summed E-state index contributed by atoms with van der Waals surface area (Å²) in [4.78, 5) is 12.4. The van der Waals surface area contributed by atoms with E-state index in [0.29, 0.717) is 43.6 Å². The second kappa shape index (κ2) is 7.93. The summed E-state index contributed by atoms with van der Waals surface area (Å²) in [5.41, 5.74) is 1.34. The highest BCUT2D eigenvalue weighted by atomic mass is 16.5. The third-order valence-corrected chi connectivity index (χ3v) is 4.47. The van der Waals surface area contributed by atoms with Gasteiger partial charge in [0.05, 0.1) is 12.2 Å². The number of ketones is 1. The van der Waals surface area contributed by atoms with Crippen LogP contribution in [0.5, 0.6) is 0 Å². The summed E-state index contributed by atoms with van der Waals surface area (Å²) >= 11 is 0. The van der Waals surface area contributed by atoms with Gasteiger partial charge in [0.1, 0.15) is 12.3 Å². The number of carbonyl (C=O) groups excluding carboxylic acids is 1. The lowest BCUT2D eigenvalue weighted by Crippen LogP contribution is -2.34. The van der Waals surface area contributed by atoms with Gasteiger partial charge in [-0.25, -0.2) is 0 Å². The summed E-state index contributed by atoms with van der Waals surface area (Å²) < 4.78 is 16.6. The standard InChI is InChI=1S/C20H25NO4/c1-20(2)12-16(8-9-24-20)10-19(22)18-11-17(25-21-18)14-23-13-15-6-4-3-5-7-15/h3-7,11,16H,8-10,12-14H2,1-2H3. The first kappa shape index (κ1) is 17.8. The molecular formula is C20H25NO4. The third kappa shape index (κ3) is 5.25. The fraction of sp³-hybridized carbons (Fsp3) is 0.500. The highest BCUT2D eigenvalue weighted by molar-refractivity contribution is 5.94. The summed E-state index contributed by atoms with van der Waals surface area (Å²) in [5.74, 6) is 0.943. The quantitative estimate of drug-likeness (QED) is 0.706. The van der Waals surface area contributed by atoms with Crippen LogP contribution in [0.15, 0.2) is 40.9 Å². The van der Waals surface area contributed by atoms with Crippen LogP contribution in [0.25, 0.3) is 0 Å². The lowest BCUT2D eigenvalue weighted by Gasteiger charge is -2.35. The maximum absolute atomic E-state index is 12.4. The lowest BCUT2D eigenvalue weighted by molar-refractivity contribution is -0.0719. The van der Waals surface area contributed by atoms with E-state index in [1.807, 2.05) is 30.3 Å². The summed E-state index contributed by atoms with van der Waals surface area (Å²) in [6.45, 7) is 5.66. The van der Waals surface area contributed by atoms with Gasteiger partial charge in [-0.1, -0.05) is 35.5 Å². The zero-order chi connectivity index (χ0) is 17.7. The van der Waals surface area contributed by atoms with Crippen molar-refractivity contribution < 1.29 is 18.8 Å². The minimum absolute atomic E-state index is 0.0285. The Morgan fingerprint density at radius 3 is 2.84 bits per heavy atom. The second-order valence-corrected chi connectivity index (χ2v) is 7.25. The number of aromatic nitrogens is 1. The minimum Gasteiger partial charge on any atom is -0.376 e. The molecule has 1 aromatic carbocycles. The molecule has 1 fully saturated rings. The number of benzene rings is 1. The van der Waals surface area contributed by atoms with Crippen LogP contribution in [0.3, 0.4) is 0 Å². The van der Waals surface area contributed by atoms with Crippen molar-refractivity contribution in [3.63, 3.8) is 0 Å². The van der Waals surface area contributed by atoms with E-state index < -0.39 is 0 Å². The van der Waals surface area contributed by atoms with Gasteiger partial charge in [0.2, 0.25) is 0 Å². The number of ether oxygens (including phenoxy) is 2. The number of nitrogens with zero attached hydrogens (tertiary/aromatic N) is 1. The van der Waals surface area contributed by atoms with Crippen LogP contribution in [0.4, 0.5) is 0 Å². The van der Waals surface area contributed by atoms with Crippen LogP contribution < -0.4 is 0 Å². The number of hydrogen-bond donors (Lipinski definition) is 0. The Balaban J connectivity index is 1.48. The minimum atomic E-state index is -0.149. The number of hydrogen-bond acceptors (Lipinski definition) is 5. The fourth-order valence-corrected chi connectivity index (χ4v) is 3.26. The smallest absolute Gasteiger partial charge is 0.185 e. The van der Waals surface area contributed by atoms with Gasteiger partial charge in [0.15, 0.2) is 11.5 Å². The van der Waals surface area contributed by atoms with Gasteiger partial charge in [-0.05, 0) is 38.2 Å². The van der Waals surface area contributed by atoms with Crippen molar-refractivity contribution in [1.29, 1.82) is 0 Å². The Hall–Kier alpha value is -1.98. The molecule has 25 heavy (non-hydrogen) atoms. The highest BCUT2D eigenvalue weighted by Crippen LogP contribution is 2.31. The summed E-state index contributed by atoms with van der Waals surface area (Å²) in [6.07, 6.45) is 2.30. The molecule has 2 aromatic rings. The van der Waals surface area contributed by atoms with Gasteiger partial charge < -0.3 is 14.0 Å². The molecule has 1 aliphatic rings. The van der Waals surface area contributed by atoms with Crippen LogP contribution in [-0.2, 0) is 22.7 Å². The Kier molecular flexibility index (Phi) is 5.66. The molecule has 134 valence electrons. The van der Waals surface area contributed by atoms with Crippen LogP contribution >= 0.6 is 0 Å². The van der Waals surface area contributed by atoms with Crippen molar-refractivity contribution >= 4 is 5.78 Å². The van der Waals surface area contributed by atoms with Crippen LogP contribution in [0, 0.1) is 5.92 Å². The van der Waals surface area contributed by atoms with Gasteiger partial charge in [0, 0.05) is 19.1 Å². The van der Waals surface area contributed by atoms with Crippen LogP contribution in [-0.4, -0.2) is 23.1 Å². The van der Waals surface area contributed by atoms with E-state index in [-0.39, 0.29) is 11.4 Å². The Morgan fingerprint density at radius 2 is 2.08 bits per heavy atom. The highest BCUT2D eigenvalue weighted by Gasteiger charge is 2.30. The molecule has 0 radical (unpaired) electrons. The van der Waals surface area contributed by atoms with Gasteiger partial charge in [0.25, 0.3) is 0 Å². The summed E-state index contributed by atoms with van der Waals surface area (Å²) in [6, 6.07) is 11.6. The third-order valence-electron chi connectivity index (χ3n) is 4.47. The summed E-state index contributed by atoms with van der Waals surface area (Å²) in [5, 5.41) is 3.91. The van der Waals surface area contributed by atoms with E-state index in [4.69, 9.17) is 14.0 Å². The van der Waals surface area contributed by atoms with Crippen molar-refractivity contribution in [1.82, 2.24) is 5.16 Å². The molecule has 1 saturated heterocycles. The van der Waals surface area contributed by atoms with Crippen molar-refractivity contribution in [3.05, 3.63) is 53.4 Å². The molecule has 3 rings (SSSR count). The molecule has 0 amide bonds. The maximum Gasteiger partial charge on any atom is 0.185 e. The average Bonchev–Trinajstić information content (AvgIpc) is 3.04. The molecule has 0 aliphatic carbocycles. The van der Waals surface area contributed by atoms with Crippen molar-refractivity contribution in [2.75, 3.05) is 6.61 Å². The molecule has 0 spiro atoms. The average molecular weight is 343 g/mol. The van der Waals surface area contributed by atoms with E-state index in [0.717, 1.165) is 18.4 Å². The zero-order valence-electron chi connectivity index (χ0n) is 14.9. The van der Waals surface area contributed by atoms with Gasteiger partial charge >= 0.3 is 0 Å². The number of rotatable bonds is 7. The van der Waals surface area contributed by atoms with Crippen molar-refractivity contribution in [3.8, 4) is 0 Å². The molecule has 0 bridgehead atoms. The van der Waals surface area contributed by atoms with Crippen molar-refractivity contribution in [2.24, 2.45) is 5.92 Å². The molecule has 5 nitrogen and oxygen atoms in total. The molecule has 1 unspecified atom stereocenters. The first-order valence-corrected chi connectivity index (χ1v) is 8.76. The number of carbonyl (C=O) groups is 1. The van der Waals surface area contributed by atoms with E-state index in [9.17, 15) is 4.79 Å². The van der Waals surface area contributed by atoms with Crippen LogP contribution in [0.1, 0.15) is 54.9 Å². The first-order valence-electron chi connectivity index (χ1n) is 8.76. The Morgan fingerprint density at radius 1 is 1.28 bits per heavy atom. The molecule has 1 aromatic heterocycles. The van der Waals surface area contributed by atoms with E-state index in [1.165, 1.54) is 0 Å². The maximum atomic E-state index is 12.4. The van der Waals surface area contributed by atoms with Crippen LogP contribution in [0.2, 0.25) is 0 Å². The largest absolute Gasteiger partial charge is 0.376 e. The number of Topliss-reactive ketones (excluding diaryl/α,β-unsaturated/α-hetero) is 1. The molecule has 1 aliphatic heterocycles. The van der Waals surface area contributed by atoms with Gasteiger partial charge in [-0.15, -0.1) is 0 Å². The summed E-state index contributed by atoms with van der Waals surface area (Å²) in [7, 11) is 0. The second-order valence-electron chi connectivity index (χ2n) is 7.25. The predicted molar refractivity (Wildman–Crippen MR) is 93.1 cm³/mol. The molecule has 0 saturated carbocycles. The normalized spacial score (nSPS) is 19.7. The van der Waals surface area contributed by atoms with E-state index in [1.54, 1.807) is 6.07 Å². The Labute approximate surface area is 148 Å². The van der Waals surface area contributed by atoms with E-state index in [2.05, 4.69) is 19.0 Å². The van der Waals surface area contributed by atoms with Gasteiger partial charge in [-0.2, -0.15) is 0 Å². The topological polar surface area (TPSA) is 61.6 Å². The van der Waals surface area contributed by atoms with Crippen molar-refractivity contribution in [2.45, 2.75) is 51.9 Å². The Bertz CT molecular complexity index is 693. The molecule has 0 N–H and O–H groups in total. The zero-order valence-corrected chi connectivity index (χ0v) is 14.9. The monoisotopic (exact) mass is 343 g/mol. The SMILES string of the molecule is CC1(C)CC(CC(=O)c2cc(COCc3ccccc3)on2)CCO1. The van der Waals surface area contributed by atoms with E-state index >= 15 is 0 Å². The van der Waals surface area contributed by atoms with Gasteiger partial charge in [-0.3, -0.25) is 4.79 Å². The lowest BCUT2D eigenvalue weighted by atomic mass is 9.85. The first-order chi connectivity index (χ1) is 12.0. The molecule has 2 heterocycles. The molecule has 1 atom stereocenters. The molecular weight excluding hydrogens is 318 g/mol.